The first-order chi connectivity index (χ1) is 14.4. The number of nitrogens with zero attached hydrogens (tertiary/aromatic N) is 2. The van der Waals surface area contributed by atoms with Crippen molar-refractivity contribution >= 4 is 15.9 Å². The monoisotopic (exact) mass is 432 g/mol. The van der Waals surface area contributed by atoms with Gasteiger partial charge in [-0.05, 0) is 43.2 Å². The third kappa shape index (κ3) is 4.14. The lowest BCUT2D eigenvalue weighted by atomic mass is 9.94. The second kappa shape index (κ2) is 8.41. The fourth-order valence-electron chi connectivity index (χ4n) is 3.53. The van der Waals surface area contributed by atoms with E-state index >= 15 is 0 Å². The first kappa shape index (κ1) is 20.3. The molecule has 1 aliphatic rings. The largest absolute Gasteiger partial charge is 0.467 e. The summed E-state index contributed by atoms with van der Waals surface area (Å²) in [7, 11) is -3.88. The number of aromatic nitrogens is 2. The number of piperidine rings is 1. The Labute approximate surface area is 173 Å². The Bertz CT molecular complexity index is 1120. The van der Waals surface area contributed by atoms with Crippen molar-refractivity contribution in [3.05, 3.63) is 71.7 Å². The summed E-state index contributed by atoms with van der Waals surface area (Å²) in [5.41, 5.74) is 1.04. The smallest absolute Gasteiger partial charge is 0.272 e. The highest BCUT2D eigenvalue weighted by Crippen LogP contribution is 2.30. The third-order valence-corrected chi connectivity index (χ3v) is 7.11. The molecule has 0 spiro atoms. The van der Waals surface area contributed by atoms with Gasteiger partial charge in [0, 0.05) is 24.7 Å². The molecular weight excluding hydrogens is 411 g/mol. The maximum absolute atomic E-state index is 14.0. The number of amides is 1. The summed E-state index contributed by atoms with van der Waals surface area (Å²) in [6.07, 6.45) is 2.62. The van der Waals surface area contributed by atoms with E-state index in [-0.39, 0.29) is 42.0 Å². The van der Waals surface area contributed by atoms with E-state index in [2.05, 4.69) is 15.5 Å². The number of carbonyl (C=O) groups is 1. The molecule has 0 radical (unpaired) electrons. The molecular formula is C20H21FN4O4S. The summed E-state index contributed by atoms with van der Waals surface area (Å²) in [5, 5.41) is 9.68. The van der Waals surface area contributed by atoms with Crippen LogP contribution in [0.25, 0.3) is 0 Å². The lowest BCUT2D eigenvalue weighted by molar-refractivity contribution is 0.0943. The average molecular weight is 432 g/mol. The van der Waals surface area contributed by atoms with Gasteiger partial charge in [0.1, 0.15) is 22.2 Å². The van der Waals surface area contributed by atoms with Gasteiger partial charge in [0.2, 0.25) is 10.0 Å². The molecule has 0 unspecified atom stereocenters. The summed E-state index contributed by atoms with van der Waals surface area (Å²) in [6, 6.07) is 10.6. The summed E-state index contributed by atoms with van der Waals surface area (Å²) >= 11 is 0. The van der Waals surface area contributed by atoms with Gasteiger partial charge in [-0.2, -0.15) is 9.40 Å². The number of sulfonamides is 1. The number of nitrogens with one attached hydrogen (secondary N) is 2. The van der Waals surface area contributed by atoms with Crippen LogP contribution in [0, 0.1) is 5.82 Å². The molecule has 10 heteroatoms. The van der Waals surface area contributed by atoms with E-state index in [0.717, 1.165) is 11.8 Å². The van der Waals surface area contributed by atoms with E-state index in [9.17, 15) is 17.6 Å². The van der Waals surface area contributed by atoms with E-state index in [1.807, 2.05) is 0 Å². The molecule has 0 aliphatic carbocycles. The zero-order valence-corrected chi connectivity index (χ0v) is 16.9. The Hall–Kier alpha value is -2.98. The van der Waals surface area contributed by atoms with Gasteiger partial charge in [0.15, 0.2) is 0 Å². The first-order valence-corrected chi connectivity index (χ1v) is 11.0. The normalized spacial score (nSPS) is 15.9. The molecule has 0 atom stereocenters. The van der Waals surface area contributed by atoms with E-state index in [1.54, 1.807) is 18.2 Å². The predicted octanol–water partition coefficient (Wildman–Crippen LogP) is 2.64. The molecule has 158 valence electrons. The molecule has 0 saturated carbocycles. The average Bonchev–Trinajstić information content (AvgIpc) is 3.44. The van der Waals surface area contributed by atoms with Crippen molar-refractivity contribution in [2.75, 3.05) is 13.1 Å². The zero-order chi connectivity index (χ0) is 21.1. The fourth-order valence-corrected chi connectivity index (χ4v) is 5.07. The Morgan fingerprint density at radius 3 is 2.70 bits per heavy atom. The van der Waals surface area contributed by atoms with Crippen LogP contribution in [0.5, 0.6) is 0 Å². The number of aromatic amines is 1. The second-order valence-electron chi connectivity index (χ2n) is 7.08. The SMILES string of the molecule is O=C(NCc1ccco1)c1cc(C2CCN(S(=O)(=O)c3ccccc3F)CC2)[nH]n1. The molecule has 1 aromatic carbocycles. The molecule has 30 heavy (non-hydrogen) atoms. The summed E-state index contributed by atoms with van der Waals surface area (Å²) in [6.45, 7) is 0.793. The van der Waals surface area contributed by atoms with Crippen LogP contribution in [0.15, 0.2) is 58.0 Å². The Morgan fingerprint density at radius 1 is 1.23 bits per heavy atom. The number of halogens is 1. The van der Waals surface area contributed by atoms with Gasteiger partial charge in [-0.15, -0.1) is 0 Å². The maximum Gasteiger partial charge on any atom is 0.272 e. The minimum Gasteiger partial charge on any atom is -0.467 e. The number of H-pyrrole nitrogens is 1. The molecule has 1 aliphatic heterocycles. The minimum absolute atomic E-state index is 0.0381. The van der Waals surface area contributed by atoms with Crippen molar-refractivity contribution < 1.29 is 22.0 Å². The van der Waals surface area contributed by atoms with E-state index < -0.39 is 15.8 Å². The summed E-state index contributed by atoms with van der Waals surface area (Å²) in [5.74, 6) is -0.398. The molecule has 1 amide bonds. The lowest BCUT2D eigenvalue weighted by Crippen LogP contribution is -2.38. The molecule has 8 nitrogen and oxygen atoms in total. The van der Waals surface area contributed by atoms with Gasteiger partial charge in [0.25, 0.3) is 5.91 Å². The van der Waals surface area contributed by atoms with Gasteiger partial charge in [-0.25, -0.2) is 12.8 Å². The van der Waals surface area contributed by atoms with Gasteiger partial charge < -0.3 is 9.73 Å². The number of furan rings is 1. The number of benzene rings is 1. The number of hydrogen-bond donors (Lipinski definition) is 2. The highest BCUT2D eigenvalue weighted by molar-refractivity contribution is 7.89. The van der Waals surface area contributed by atoms with Crippen LogP contribution < -0.4 is 5.32 Å². The predicted molar refractivity (Wildman–Crippen MR) is 106 cm³/mol. The Kier molecular flexibility index (Phi) is 5.69. The topological polar surface area (TPSA) is 108 Å². The van der Waals surface area contributed by atoms with Crippen molar-refractivity contribution in [2.24, 2.45) is 0 Å². The van der Waals surface area contributed by atoms with Crippen LogP contribution in [0.1, 0.15) is 40.7 Å². The van der Waals surface area contributed by atoms with Crippen LogP contribution in [-0.4, -0.2) is 41.9 Å². The molecule has 0 bridgehead atoms. The molecule has 1 fully saturated rings. The standard InChI is InChI=1S/C20H21FN4O4S/c21-16-5-1-2-6-19(16)30(27,28)25-9-7-14(8-10-25)17-12-18(24-23-17)20(26)22-13-15-4-3-11-29-15/h1-6,11-12,14H,7-10,13H2,(H,22,26)(H,23,24). The Morgan fingerprint density at radius 2 is 2.00 bits per heavy atom. The van der Waals surface area contributed by atoms with Crippen LogP contribution in [0.2, 0.25) is 0 Å². The van der Waals surface area contributed by atoms with Gasteiger partial charge in [-0.3, -0.25) is 9.89 Å². The van der Waals surface area contributed by atoms with Crippen LogP contribution >= 0.6 is 0 Å². The molecule has 4 rings (SSSR count). The molecule has 2 aromatic heterocycles. The second-order valence-corrected chi connectivity index (χ2v) is 8.99. The van der Waals surface area contributed by atoms with Crippen molar-refractivity contribution in [3.8, 4) is 0 Å². The number of hydrogen-bond acceptors (Lipinski definition) is 5. The van der Waals surface area contributed by atoms with Crippen LogP contribution in [-0.2, 0) is 16.6 Å². The molecule has 3 heterocycles. The summed E-state index contributed by atoms with van der Waals surface area (Å²) < 4.78 is 45.9. The maximum atomic E-state index is 14.0. The fraction of sp³-hybridized carbons (Fsp3) is 0.300. The van der Waals surface area contributed by atoms with Crippen molar-refractivity contribution in [3.63, 3.8) is 0 Å². The van der Waals surface area contributed by atoms with Crippen LogP contribution in [0.3, 0.4) is 0 Å². The van der Waals surface area contributed by atoms with Crippen molar-refractivity contribution in [1.82, 2.24) is 19.8 Å². The molecule has 2 N–H and O–H groups in total. The van der Waals surface area contributed by atoms with Crippen molar-refractivity contribution in [2.45, 2.75) is 30.2 Å². The van der Waals surface area contributed by atoms with E-state index in [1.165, 1.54) is 28.8 Å². The molecule has 1 saturated heterocycles. The van der Waals surface area contributed by atoms with Gasteiger partial charge >= 0.3 is 0 Å². The first-order valence-electron chi connectivity index (χ1n) is 9.55. The summed E-state index contributed by atoms with van der Waals surface area (Å²) in [4.78, 5) is 11.9. The highest BCUT2D eigenvalue weighted by atomic mass is 32.2. The highest BCUT2D eigenvalue weighted by Gasteiger charge is 2.32. The minimum atomic E-state index is -3.88. The van der Waals surface area contributed by atoms with Crippen LogP contribution in [0.4, 0.5) is 4.39 Å². The quantitative estimate of drug-likeness (QED) is 0.623. The third-order valence-electron chi connectivity index (χ3n) is 5.18. The number of carbonyl (C=O) groups excluding carboxylic acids is 1. The zero-order valence-electron chi connectivity index (χ0n) is 16.0. The number of rotatable bonds is 6. The van der Waals surface area contributed by atoms with Gasteiger partial charge in [-0.1, -0.05) is 12.1 Å². The Balaban J connectivity index is 1.36. The van der Waals surface area contributed by atoms with Gasteiger partial charge in [0.05, 0.1) is 12.8 Å². The lowest BCUT2D eigenvalue weighted by Gasteiger charge is -2.30. The van der Waals surface area contributed by atoms with Crippen molar-refractivity contribution in [1.29, 1.82) is 0 Å². The van der Waals surface area contributed by atoms with E-state index in [4.69, 9.17) is 4.42 Å². The van der Waals surface area contributed by atoms with E-state index in [0.29, 0.717) is 18.6 Å². The molecule has 3 aromatic rings.